The van der Waals surface area contributed by atoms with Crippen molar-refractivity contribution in [2.24, 2.45) is 0 Å². The Morgan fingerprint density at radius 2 is 1.66 bits per heavy atom. The number of piperidine rings is 1. The molecule has 2 N–H and O–H groups in total. The quantitative estimate of drug-likeness (QED) is 0.565. The fourth-order valence-corrected chi connectivity index (χ4v) is 4.77. The lowest BCUT2D eigenvalue weighted by atomic mass is 9.76. The lowest BCUT2D eigenvalue weighted by molar-refractivity contribution is 0.0935. The van der Waals surface area contributed by atoms with Gasteiger partial charge in [0.1, 0.15) is 5.75 Å². The molecule has 1 amide bonds. The van der Waals surface area contributed by atoms with Gasteiger partial charge in [0.25, 0.3) is 0 Å². The van der Waals surface area contributed by atoms with Gasteiger partial charge in [0.05, 0.1) is 11.7 Å². The highest BCUT2D eigenvalue weighted by Crippen LogP contribution is 2.55. The maximum Gasteiger partial charge on any atom is 0.415 e. The molecule has 1 aromatic heterocycles. The van der Waals surface area contributed by atoms with Gasteiger partial charge in [-0.1, -0.05) is 34.1 Å². The molecule has 0 radical (unpaired) electrons. The molecule has 148 valence electrons. The van der Waals surface area contributed by atoms with E-state index in [4.69, 9.17) is 4.74 Å². The van der Waals surface area contributed by atoms with E-state index in [0.29, 0.717) is 23.5 Å². The predicted molar refractivity (Wildman–Crippen MR) is 111 cm³/mol. The Morgan fingerprint density at radius 3 is 2.38 bits per heavy atom. The molecule has 2 bridgehead atoms. The molecule has 0 spiro atoms. The van der Waals surface area contributed by atoms with Crippen LogP contribution in [0, 0.1) is 0 Å². The molecular weight excluding hydrogens is 436 g/mol. The van der Waals surface area contributed by atoms with E-state index in [2.05, 4.69) is 15.9 Å². The number of halogens is 1. The number of ether oxygens (including phenoxy) is 1. The highest BCUT2D eigenvalue weighted by Gasteiger charge is 2.47. The summed E-state index contributed by atoms with van der Waals surface area (Å²) in [5, 5.41) is 21.9. The van der Waals surface area contributed by atoms with Crippen LogP contribution in [-0.4, -0.2) is 32.3 Å². The van der Waals surface area contributed by atoms with Crippen LogP contribution in [0.3, 0.4) is 0 Å². The summed E-state index contributed by atoms with van der Waals surface area (Å²) >= 11 is 3.40. The number of hydrogen-bond donors (Lipinski definition) is 2. The Morgan fingerprint density at radius 1 is 0.966 bits per heavy atom. The maximum atomic E-state index is 12.8. The molecule has 3 heterocycles. The van der Waals surface area contributed by atoms with Crippen LogP contribution in [0.25, 0.3) is 5.69 Å². The number of benzene rings is 2. The molecule has 3 aromatic rings. The van der Waals surface area contributed by atoms with Crippen molar-refractivity contribution in [2.75, 3.05) is 6.54 Å². The Balaban J connectivity index is 1.52. The second-order valence-corrected chi connectivity index (χ2v) is 8.33. The number of amides is 1. The first-order valence-electron chi connectivity index (χ1n) is 9.50. The van der Waals surface area contributed by atoms with E-state index in [-0.39, 0.29) is 23.7 Å². The summed E-state index contributed by atoms with van der Waals surface area (Å²) < 4.78 is 7.89. The maximum absolute atomic E-state index is 12.8. The smallest absolute Gasteiger partial charge is 0.415 e. The van der Waals surface area contributed by atoms with E-state index in [0.717, 1.165) is 22.9 Å². The number of aromatic nitrogens is 1. The number of hydrogen-bond acceptors (Lipinski definition) is 4. The zero-order chi connectivity index (χ0) is 20.1. The molecule has 2 unspecified atom stereocenters. The third-order valence-electron chi connectivity index (χ3n) is 5.79. The molecule has 29 heavy (non-hydrogen) atoms. The highest BCUT2D eigenvalue weighted by atomic mass is 79.9. The van der Waals surface area contributed by atoms with Crippen molar-refractivity contribution in [2.45, 2.75) is 24.8 Å². The fraction of sp³-hybridized carbons (Fsp3) is 0.227. The van der Waals surface area contributed by atoms with Crippen LogP contribution >= 0.6 is 15.9 Å². The standard InChI is InChI=1S/C22H19BrN2O4/c23-14-7-9-15(10-8-14)25-20(26)18-13-6-11-17(19(18)21(25)27)24(12-13)22(28)29-16-4-2-1-3-5-16/h1-5,7-10,13,17,26-27H,6,11-12H2. The summed E-state index contributed by atoms with van der Waals surface area (Å²) in [4.78, 5) is 14.5. The number of carbonyl (C=O) groups excluding carboxylic acids is 1. The Hall–Kier alpha value is -2.93. The first-order valence-corrected chi connectivity index (χ1v) is 10.3. The summed E-state index contributed by atoms with van der Waals surface area (Å²) in [5.41, 5.74) is 2.03. The normalized spacial score (nSPS) is 19.8. The van der Waals surface area contributed by atoms with Crippen LogP contribution in [-0.2, 0) is 0 Å². The van der Waals surface area contributed by atoms with Gasteiger partial charge in [-0.05, 0) is 49.2 Å². The van der Waals surface area contributed by atoms with E-state index in [1.165, 1.54) is 4.57 Å². The lowest BCUT2D eigenvalue weighted by Crippen LogP contribution is -2.46. The van der Waals surface area contributed by atoms with Gasteiger partial charge in [0, 0.05) is 28.1 Å². The zero-order valence-corrected chi connectivity index (χ0v) is 17.0. The topological polar surface area (TPSA) is 74.9 Å². The van der Waals surface area contributed by atoms with Crippen molar-refractivity contribution >= 4 is 22.0 Å². The van der Waals surface area contributed by atoms with Crippen molar-refractivity contribution in [3.63, 3.8) is 0 Å². The molecule has 2 aliphatic heterocycles. The number of para-hydroxylation sites is 1. The molecule has 6 nitrogen and oxygen atoms in total. The summed E-state index contributed by atoms with van der Waals surface area (Å²) in [6, 6.07) is 16.0. The largest absolute Gasteiger partial charge is 0.494 e. The molecule has 3 aliphatic rings. The average molecular weight is 455 g/mol. The van der Waals surface area contributed by atoms with Gasteiger partial charge in [-0.3, -0.25) is 9.47 Å². The molecule has 1 saturated heterocycles. The third kappa shape index (κ3) is 2.88. The number of aromatic hydroxyl groups is 2. The minimum Gasteiger partial charge on any atom is -0.494 e. The zero-order valence-electron chi connectivity index (χ0n) is 15.5. The summed E-state index contributed by atoms with van der Waals surface area (Å²) in [6.07, 6.45) is 1.13. The fourth-order valence-electron chi connectivity index (χ4n) is 4.50. The Kier molecular flexibility index (Phi) is 4.28. The van der Waals surface area contributed by atoms with Crippen molar-refractivity contribution in [1.29, 1.82) is 0 Å². The molecular formula is C22H19BrN2O4. The van der Waals surface area contributed by atoms with Crippen LogP contribution in [0.4, 0.5) is 4.79 Å². The third-order valence-corrected chi connectivity index (χ3v) is 6.32. The molecule has 2 atom stereocenters. The molecule has 0 saturated carbocycles. The first kappa shape index (κ1) is 18.1. The Bertz CT molecular complexity index is 1080. The lowest BCUT2D eigenvalue weighted by Gasteiger charge is -2.44. The van der Waals surface area contributed by atoms with Gasteiger partial charge in [0.15, 0.2) is 0 Å². The SMILES string of the molecule is O=C(Oc1ccccc1)N1CC2CCC1c1c2c(O)n(-c2ccc(Br)cc2)c1O. The summed E-state index contributed by atoms with van der Waals surface area (Å²) in [5.74, 6) is 0.469. The van der Waals surface area contributed by atoms with Crippen LogP contribution < -0.4 is 4.74 Å². The minimum absolute atomic E-state index is 0.0215. The van der Waals surface area contributed by atoms with Crippen LogP contribution in [0.15, 0.2) is 59.1 Å². The monoisotopic (exact) mass is 454 g/mol. The van der Waals surface area contributed by atoms with Crippen LogP contribution in [0.2, 0.25) is 0 Å². The van der Waals surface area contributed by atoms with E-state index in [1.54, 1.807) is 17.0 Å². The molecule has 1 aliphatic carbocycles. The number of fused-ring (bicyclic) bond motifs is 2. The van der Waals surface area contributed by atoms with Gasteiger partial charge in [-0.15, -0.1) is 0 Å². The van der Waals surface area contributed by atoms with E-state index in [1.807, 2.05) is 42.5 Å². The molecule has 1 fully saturated rings. The number of rotatable bonds is 2. The van der Waals surface area contributed by atoms with E-state index in [9.17, 15) is 15.0 Å². The average Bonchev–Trinajstić information content (AvgIpc) is 3.02. The van der Waals surface area contributed by atoms with Gasteiger partial charge in [0.2, 0.25) is 11.8 Å². The first-order chi connectivity index (χ1) is 14.0. The number of nitrogens with zero attached hydrogens (tertiary/aromatic N) is 2. The second kappa shape index (κ2) is 6.84. The van der Waals surface area contributed by atoms with E-state index >= 15 is 0 Å². The minimum atomic E-state index is -0.438. The van der Waals surface area contributed by atoms with Gasteiger partial charge in [-0.2, -0.15) is 0 Å². The van der Waals surface area contributed by atoms with Crippen LogP contribution in [0.1, 0.15) is 35.9 Å². The van der Waals surface area contributed by atoms with Gasteiger partial charge in [-0.25, -0.2) is 4.79 Å². The van der Waals surface area contributed by atoms with Crippen molar-refractivity contribution in [3.8, 4) is 23.2 Å². The van der Waals surface area contributed by atoms with Crippen molar-refractivity contribution in [3.05, 3.63) is 70.2 Å². The van der Waals surface area contributed by atoms with Gasteiger partial charge < -0.3 is 14.9 Å². The Labute approximate surface area is 176 Å². The molecule has 6 rings (SSSR count). The predicted octanol–water partition coefficient (Wildman–Crippen LogP) is 5.08. The molecule has 7 heteroatoms. The molecule has 2 aromatic carbocycles. The second-order valence-electron chi connectivity index (χ2n) is 7.41. The number of carbonyl (C=O) groups is 1. The van der Waals surface area contributed by atoms with Crippen molar-refractivity contribution < 1.29 is 19.7 Å². The summed E-state index contributed by atoms with van der Waals surface area (Å²) in [7, 11) is 0. The van der Waals surface area contributed by atoms with E-state index < -0.39 is 6.09 Å². The van der Waals surface area contributed by atoms with Gasteiger partial charge >= 0.3 is 6.09 Å². The highest BCUT2D eigenvalue weighted by molar-refractivity contribution is 9.10. The summed E-state index contributed by atoms with van der Waals surface area (Å²) in [6.45, 7) is 0.459. The van der Waals surface area contributed by atoms with Crippen LogP contribution in [0.5, 0.6) is 17.5 Å². The van der Waals surface area contributed by atoms with Crippen molar-refractivity contribution in [1.82, 2.24) is 9.47 Å².